The number of carboxylic acids is 1. The van der Waals surface area contributed by atoms with E-state index in [-0.39, 0.29) is 24.3 Å². The minimum Gasteiger partial charge on any atom is -0.481 e. The molecule has 2 fully saturated rings. The smallest absolute Gasteiger partial charge is 0.310 e. The Morgan fingerprint density at radius 3 is 2.42 bits per heavy atom. The molecule has 2 aliphatic rings. The molecule has 19 heavy (non-hydrogen) atoms. The summed E-state index contributed by atoms with van der Waals surface area (Å²) < 4.78 is 0. The van der Waals surface area contributed by atoms with Gasteiger partial charge in [0.05, 0.1) is 5.41 Å². The van der Waals surface area contributed by atoms with Crippen LogP contribution in [0.4, 0.5) is 0 Å². The van der Waals surface area contributed by atoms with Crippen LogP contribution < -0.4 is 5.32 Å². The topological polar surface area (TPSA) is 66.4 Å². The van der Waals surface area contributed by atoms with Gasteiger partial charge < -0.3 is 10.4 Å². The van der Waals surface area contributed by atoms with Crippen molar-refractivity contribution in [1.29, 1.82) is 0 Å². The maximum atomic E-state index is 12.1. The minimum atomic E-state index is -0.971. The average molecular weight is 267 g/mol. The van der Waals surface area contributed by atoms with Crippen molar-refractivity contribution in [3.63, 3.8) is 0 Å². The third-order valence-corrected chi connectivity index (χ3v) is 5.38. The molecule has 2 N–H and O–H groups in total. The van der Waals surface area contributed by atoms with Gasteiger partial charge in [-0.05, 0) is 43.9 Å². The number of carbonyl (C=O) groups is 2. The van der Waals surface area contributed by atoms with Crippen LogP contribution in [0.2, 0.25) is 0 Å². The summed E-state index contributed by atoms with van der Waals surface area (Å²) in [6, 6.07) is 0.288. The number of amides is 1. The molecule has 4 atom stereocenters. The van der Waals surface area contributed by atoms with Crippen LogP contribution in [0.15, 0.2) is 0 Å². The fourth-order valence-electron chi connectivity index (χ4n) is 3.54. The Morgan fingerprint density at radius 1 is 1.32 bits per heavy atom. The zero-order valence-electron chi connectivity index (χ0n) is 12.1. The molecular weight excluding hydrogens is 242 g/mol. The number of carbonyl (C=O) groups excluding carboxylic acids is 1. The van der Waals surface area contributed by atoms with Crippen LogP contribution in [-0.4, -0.2) is 23.0 Å². The summed E-state index contributed by atoms with van der Waals surface area (Å²) in [5.74, 6) is 0.368. The normalized spacial score (nSPS) is 32.3. The molecule has 1 amide bonds. The monoisotopic (exact) mass is 267 g/mol. The van der Waals surface area contributed by atoms with E-state index < -0.39 is 11.4 Å². The molecule has 2 saturated carbocycles. The standard InChI is InChI=1S/C15H25NO3/c1-9(2)15(3,14(18)19)8-13(17)16-12-7-10-4-5-11(12)6-10/h9-12H,4-8H2,1-3H3,(H,16,17)(H,18,19). The molecule has 2 rings (SSSR count). The fourth-order valence-corrected chi connectivity index (χ4v) is 3.54. The van der Waals surface area contributed by atoms with Crippen molar-refractivity contribution in [3.8, 4) is 0 Å². The Balaban J connectivity index is 1.92. The van der Waals surface area contributed by atoms with Crippen molar-refractivity contribution in [1.82, 2.24) is 5.32 Å². The van der Waals surface area contributed by atoms with E-state index in [2.05, 4.69) is 5.32 Å². The highest BCUT2D eigenvalue weighted by Crippen LogP contribution is 2.44. The first kappa shape index (κ1) is 14.4. The second-order valence-electron chi connectivity index (χ2n) is 6.90. The molecule has 0 aromatic carbocycles. The molecule has 0 radical (unpaired) electrons. The number of hydrogen-bond acceptors (Lipinski definition) is 2. The third-order valence-electron chi connectivity index (χ3n) is 5.38. The zero-order chi connectivity index (χ0) is 14.2. The lowest BCUT2D eigenvalue weighted by molar-refractivity contribution is -0.153. The molecule has 2 aliphatic carbocycles. The van der Waals surface area contributed by atoms with E-state index in [4.69, 9.17) is 0 Å². The maximum Gasteiger partial charge on any atom is 0.310 e. The van der Waals surface area contributed by atoms with Gasteiger partial charge in [-0.3, -0.25) is 9.59 Å². The van der Waals surface area contributed by atoms with Crippen molar-refractivity contribution < 1.29 is 14.7 Å². The Morgan fingerprint density at radius 2 is 2.00 bits per heavy atom. The Bertz CT molecular complexity index is 380. The molecule has 0 aromatic heterocycles. The second kappa shape index (κ2) is 5.14. The van der Waals surface area contributed by atoms with Crippen molar-refractivity contribution in [3.05, 3.63) is 0 Å². The van der Waals surface area contributed by atoms with E-state index in [0.29, 0.717) is 5.92 Å². The summed E-state index contributed by atoms with van der Waals surface area (Å²) in [5, 5.41) is 12.4. The van der Waals surface area contributed by atoms with E-state index in [1.807, 2.05) is 13.8 Å². The first-order valence-electron chi connectivity index (χ1n) is 7.35. The predicted molar refractivity (Wildman–Crippen MR) is 72.6 cm³/mol. The number of carboxylic acid groups (broad SMARTS) is 1. The summed E-state index contributed by atoms with van der Waals surface area (Å²) in [7, 11) is 0. The SMILES string of the molecule is CC(C)C(C)(CC(=O)NC1CC2CCC1C2)C(=O)O. The largest absolute Gasteiger partial charge is 0.481 e. The third kappa shape index (κ3) is 2.77. The fraction of sp³-hybridized carbons (Fsp3) is 0.867. The van der Waals surface area contributed by atoms with E-state index in [1.165, 1.54) is 19.3 Å². The van der Waals surface area contributed by atoms with E-state index in [0.717, 1.165) is 12.3 Å². The van der Waals surface area contributed by atoms with Gasteiger partial charge in [-0.2, -0.15) is 0 Å². The lowest BCUT2D eigenvalue weighted by Crippen LogP contribution is -2.43. The van der Waals surface area contributed by atoms with Gasteiger partial charge in [0.25, 0.3) is 0 Å². The highest BCUT2D eigenvalue weighted by Gasteiger charge is 2.42. The van der Waals surface area contributed by atoms with Crippen molar-refractivity contribution >= 4 is 11.9 Å². The summed E-state index contributed by atoms with van der Waals surface area (Å²) in [6.07, 6.45) is 4.92. The van der Waals surface area contributed by atoms with Crippen LogP contribution in [-0.2, 0) is 9.59 Å². The second-order valence-corrected chi connectivity index (χ2v) is 6.90. The van der Waals surface area contributed by atoms with Crippen molar-refractivity contribution in [2.45, 2.75) is 58.9 Å². The quantitative estimate of drug-likeness (QED) is 0.804. The first-order chi connectivity index (χ1) is 8.83. The average Bonchev–Trinajstić information content (AvgIpc) is 2.89. The number of aliphatic carboxylic acids is 1. The highest BCUT2D eigenvalue weighted by molar-refractivity contribution is 5.85. The van der Waals surface area contributed by atoms with Crippen LogP contribution in [0, 0.1) is 23.2 Å². The molecule has 0 spiro atoms. The molecule has 0 heterocycles. The number of hydrogen-bond donors (Lipinski definition) is 2. The van der Waals surface area contributed by atoms with Crippen LogP contribution in [0.25, 0.3) is 0 Å². The molecule has 0 aliphatic heterocycles. The van der Waals surface area contributed by atoms with E-state index >= 15 is 0 Å². The Hall–Kier alpha value is -1.06. The predicted octanol–water partition coefficient (Wildman–Crippen LogP) is 2.43. The highest BCUT2D eigenvalue weighted by atomic mass is 16.4. The van der Waals surface area contributed by atoms with Gasteiger partial charge in [0, 0.05) is 12.5 Å². The Labute approximate surface area is 115 Å². The number of rotatable bonds is 5. The van der Waals surface area contributed by atoms with Gasteiger partial charge in [0.1, 0.15) is 0 Å². The molecule has 0 aromatic rings. The zero-order valence-corrected chi connectivity index (χ0v) is 12.1. The van der Waals surface area contributed by atoms with Crippen LogP contribution in [0.3, 0.4) is 0 Å². The molecular formula is C15H25NO3. The molecule has 4 unspecified atom stereocenters. The van der Waals surface area contributed by atoms with Gasteiger partial charge in [0.15, 0.2) is 0 Å². The van der Waals surface area contributed by atoms with Gasteiger partial charge in [0.2, 0.25) is 5.91 Å². The van der Waals surface area contributed by atoms with Crippen LogP contribution in [0.1, 0.15) is 52.9 Å². The number of fused-ring (bicyclic) bond motifs is 2. The summed E-state index contributed by atoms with van der Waals surface area (Å²) in [6.45, 7) is 5.39. The minimum absolute atomic E-state index is 0.0595. The van der Waals surface area contributed by atoms with Gasteiger partial charge in [-0.25, -0.2) is 0 Å². The molecule has 0 saturated heterocycles. The maximum absolute atomic E-state index is 12.1. The lowest BCUT2D eigenvalue weighted by Gasteiger charge is -2.30. The summed E-state index contributed by atoms with van der Waals surface area (Å²) in [5.41, 5.74) is -0.971. The van der Waals surface area contributed by atoms with Crippen molar-refractivity contribution in [2.24, 2.45) is 23.2 Å². The Kier molecular flexibility index (Phi) is 3.88. The molecule has 4 heteroatoms. The lowest BCUT2D eigenvalue weighted by atomic mass is 9.76. The van der Waals surface area contributed by atoms with E-state index in [1.54, 1.807) is 6.92 Å². The van der Waals surface area contributed by atoms with Crippen molar-refractivity contribution in [2.75, 3.05) is 0 Å². The van der Waals surface area contributed by atoms with Crippen LogP contribution >= 0.6 is 0 Å². The molecule has 108 valence electrons. The summed E-state index contributed by atoms with van der Waals surface area (Å²) >= 11 is 0. The van der Waals surface area contributed by atoms with E-state index in [9.17, 15) is 14.7 Å². The first-order valence-corrected chi connectivity index (χ1v) is 7.35. The number of nitrogens with one attached hydrogen (secondary N) is 1. The summed E-state index contributed by atoms with van der Waals surface area (Å²) in [4.78, 5) is 23.5. The molecule has 4 nitrogen and oxygen atoms in total. The van der Waals surface area contributed by atoms with Gasteiger partial charge in [-0.15, -0.1) is 0 Å². The van der Waals surface area contributed by atoms with Crippen LogP contribution in [0.5, 0.6) is 0 Å². The van der Waals surface area contributed by atoms with Gasteiger partial charge in [-0.1, -0.05) is 20.3 Å². The van der Waals surface area contributed by atoms with Gasteiger partial charge >= 0.3 is 5.97 Å². The molecule has 2 bridgehead atoms.